The first-order valence-corrected chi connectivity index (χ1v) is 9.91. The number of likely N-dealkylation sites (tertiary alicyclic amines) is 1. The highest BCUT2D eigenvalue weighted by molar-refractivity contribution is 6.01. The molecule has 1 aliphatic carbocycles. The van der Waals surface area contributed by atoms with E-state index < -0.39 is 0 Å². The van der Waals surface area contributed by atoms with Gasteiger partial charge < -0.3 is 9.64 Å². The number of piperidine rings is 1. The maximum Gasteiger partial charge on any atom is 0.266 e. The van der Waals surface area contributed by atoms with E-state index in [1.165, 1.54) is 22.4 Å². The van der Waals surface area contributed by atoms with Crippen molar-refractivity contribution in [2.45, 2.75) is 31.1 Å². The number of benzene rings is 1. The van der Waals surface area contributed by atoms with Crippen molar-refractivity contribution < 1.29 is 14.3 Å². The molecule has 1 saturated heterocycles. The minimum absolute atomic E-state index is 0.0204. The van der Waals surface area contributed by atoms with Crippen molar-refractivity contribution in [2.24, 2.45) is 0 Å². The normalized spacial score (nSPS) is 19.9. The molecule has 0 bridgehead atoms. The summed E-state index contributed by atoms with van der Waals surface area (Å²) in [6, 6.07) is 12.3. The Balaban J connectivity index is 1.28. The van der Waals surface area contributed by atoms with Gasteiger partial charge >= 0.3 is 0 Å². The van der Waals surface area contributed by atoms with E-state index in [1.54, 1.807) is 18.3 Å². The van der Waals surface area contributed by atoms with Gasteiger partial charge in [0, 0.05) is 19.3 Å². The lowest BCUT2D eigenvalue weighted by molar-refractivity contribution is -0.133. The average molecular weight is 377 g/mol. The summed E-state index contributed by atoms with van der Waals surface area (Å²) >= 11 is 0. The number of hydrogen-bond donors (Lipinski definition) is 0. The number of amides is 2. The van der Waals surface area contributed by atoms with Crippen LogP contribution in [-0.2, 0) is 21.4 Å². The Bertz CT molecular complexity index is 934. The fraction of sp³-hybridized carbons (Fsp3) is 0.409. The van der Waals surface area contributed by atoms with Crippen LogP contribution >= 0.6 is 0 Å². The van der Waals surface area contributed by atoms with E-state index in [2.05, 4.69) is 29.2 Å². The SMILES string of the molecule is O=C(CN1C(=O)COc2cccnc21)N1CCC2(CCc3ccccc32)CC1. The van der Waals surface area contributed by atoms with Crippen molar-refractivity contribution >= 4 is 17.6 Å². The van der Waals surface area contributed by atoms with Crippen LogP contribution in [0, 0.1) is 0 Å². The summed E-state index contributed by atoms with van der Waals surface area (Å²) in [7, 11) is 0. The molecule has 1 aromatic carbocycles. The van der Waals surface area contributed by atoms with Crippen LogP contribution in [0.2, 0.25) is 0 Å². The molecule has 1 fully saturated rings. The summed E-state index contributed by atoms with van der Waals surface area (Å²) in [4.78, 5) is 32.8. The lowest BCUT2D eigenvalue weighted by Gasteiger charge is -2.41. The summed E-state index contributed by atoms with van der Waals surface area (Å²) in [5.41, 5.74) is 3.16. The van der Waals surface area contributed by atoms with Crippen LogP contribution in [0.25, 0.3) is 0 Å². The van der Waals surface area contributed by atoms with Gasteiger partial charge in [0.1, 0.15) is 6.54 Å². The highest BCUT2D eigenvalue weighted by atomic mass is 16.5. The predicted octanol–water partition coefficient (Wildman–Crippen LogP) is 2.31. The van der Waals surface area contributed by atoms with Gasteiger partial charge in [-0.2, -0.15) is 0 Å². The van der Waals surface area contributed by atoms with Gasteiger partial charge in [0.2, 0.25) is 5.91 Å². The number of carbonyl (C=O) groups is 2. The van der Waals surface area contributed by atoms with Crippen molar-refractivity contribution in [3.63, 3.8) is 0 Å². The molecule has 3 aliphatic rings. The largest absolute Gasteiger partial charge is 0.480 e. The second-order valence-electron chi connectivity index (χ2n) is 7.91. The van der Waals surface area contributed by atoms with Gasteiger partial charge in [-0.05, 0) is 54.4 Å². The zero-order valence-corrected chi connectivity index (χ0v) is 15.8. The summed E-state index contributed by atoms with van der Waals surface area (Å²) in [5.74, 6) is 0.742. The van der Waals surface area contributed by atoms with Gasteiger partial charge in [-0.15, -0.1) is 0 Å². The number of rotatable bonds is 2. The molecule has 28 heavy (non-hydrogen) atoms. The molecule has 3 heterocycles. The number of fused-ring (bicyclic) bond motifs is 3. The number of anilines is 1. The van der Waals surface area contributed by atoms with E-state index >= 15 is 0 Å². The fourth-order valence-electron chi connectivity index (χ4n) is 4.90. The van der Waals surface area contributed by atoms with E-state index in [0.717, 1.165) is 32.4 Å². The fourth-order valence-corrected chi connectivity index (χ4v) is 4.90. The Kier molecular flexibility index (Phi) is 4.07. The maximum atomic E-state index is 12.9. The number of carbonyl (C=O) groups excluding carboxylic acids is 2. The first-order valence-electron chi connectivity index (χ1n) is 9.91. The third-order valence-corrected chi connectivity index (χ3v) is 6.49. The molecule has 2 amide bonds. The maximum absolute atomic E-state index is 12.9. The Morgan fingerprint density at radius 2 is 1.93 bits per heavy atom. The molecule has 0 N–H and O–H groups in total. The molecule has 0 radical (unpaired) electrons. The molecular formula is C22H23N3O3. The quantitative estimate of drug-likeness (QED) is 0.806. The molecule has 2 aromatic rings. The zero-order valence-electron chi connectivity index (χ0n) is 15.8. The molecule has 1 spiro atoms. The summed E-state index contributed by atoms with van der Waals surface area (Å²) in [6.45, 7) is 1.45. The van der Waals surface area contributed by atoms with E-state index in [4.69, 9.17) is 4.74 Å². The Hall–Kier alpha value is -2.89. The van der Waals surface area contributed by atoms with E-state index in [-0.39, 0.29) is 30.4 Å². The lowest BCUT2D eigenvalue weighted by Crippen LogP contribution is -2.50. The minimum Gasteiger partial charge on any atom is -0.480 e. The molecule has 5 rings (SSSR count). The van der Waals surface area contributed by atoms with Crippen LogP contribution in [0.15, 0.2) is 42.6 Å². The Morgan fingerprint density at radius 3 is 2.79 bits per heavy atom. The summed E-state index contributed by atoms with van der Waals surface area (Å²) in [5, 5.41) is 0. The number of aromatic nitrogens is 1. The van der Waals surface area contributed by atoms with Gasteiger partial charge in [-0.25, -0.2) is 4.98 Å². The van der Waals surface area contributed by atoms with Crippen molar-refractivity contribution in [2.75, 3.05) is 31.1 Å². The van der Waals surface area contributed by atoms with Crippen LogP contribution in [-0.4, -0.2) is 47.9 Å². The van der Waals surface area contributed by atoms with Crippen LogP contribution in [0.1, 0.15) is 30.4 Å². The molecule has 144 valence electrons. The van der Waals surface area contributed by atoms with Crippen LogP contribution < -0.4 is 9.64 Å². The van der Waals surface area contributed by atoms with Crippen molar-refractivity contribution in [1.82, 2.24) is 9.88 Å². The molecule has 0 atom stereocenters. The Labute approximate surface area is 164 Å². The van der Waals surface area contributed by atoms with Crippen LogP contribution in [0.3, 0.4) is 0 Å². The van der Waals surface area contributed by atoms with Crippen molar-refractivity contribution in [3.05, 3.63) is 53.7 Å². The van der Waals surface area contributed by atoms with Gasteiger partial charge in [0.05, 0.1) is 0 Å². The number of ether oxygens (including phenoxy) is 1. The number of nitrogens with zero attached hydrogens (tertiary/aromatic N) is 3. The first-order chi connectivity index (χ1) is 13.7. The van der Waals surface area contributed by atoms with Crippen molar-refractivity contribution in [1.29, 1.82) is 0 Å². The number of hydrogen-bond acceptors (Lipinski definition) is 4. The minimum atomic E-state index is -0.224. The van der Waals surface area contributed by atoms with Gasteiger partial charge in [0.15, 0.2) is 18.2 Å². The molecule has 6 nitrogen and oxygen atoms in total. The molecule has 0 unspecified atom stereocenters. The summed E-state index contributed by atoms with van der Waals surface area (Å²) < 4.78 is 5.41. The topological polar surface area (TPSA) is 62.7 Å². The highest BCUT2D eigenvalue weighted by Gasteiger charge is 2.42. The molecular weight excluding hydrogens is 354 g/mol. The number of aryl methyl sites for hydroxylation is 1. The average Bonchev–Trinajstić information content (AvgIpc) is 3.09. The van der Waals surface area contributed by atoms with Crippen molar-refractivity contribution in [3.8, 4) is 5.75 Å². The van der Waals surface area contributed by atoms with E-state index in [9.17, 15) is 9.59 Å². The molecule has 6 heteroatoms. The smallest absolute Gasteiger partial charge is 0.266 e. The van der Waals surface area contributed by atoms with E-state index in [1.807, 2.05) is 4.90 Å². The second kappa shape index (κ2) is 6.62. The van der Waals surface area contributed by atoms with Gasteiger partial charge in [-0.3, -0.25) is 14.5 Å². The highest BCUT2D eigenvalue weighted by Crippen LogP contribution is 2.46. The first kappa shape index (κ1) is 17.2. The number of pyridine rings is 1. The predicted molar refractivity (Wildman–Crippen MR) is 104 cm³/mol. The van der Waals surface area contributed by atoms with Gasteiger partial charge in [0.25, 0.3) is 5.91 Å². The second-order valence-corrected chi connectivity index (χ2v) is 7.91. The van der Waals surface area contributed by atoms with Gasteiger partial charge in [-0.1, -0.05) is 24.3 Å². The monoisotopic (exact) mass is 377 g/mol. The molecule has 0 saturated carbocycles. The molecule has 1 aromatic heterocycles. The Morgan fingerprint density at radius 1 is 1.11 bits per heavy atom. The summed E-state index contributed by atoms with van der Waals surface area (Å²) in [6.07, 6.45) is 5.90. The lowest BCUT2D eigenvalue weighted by atomic mass is 9.74. The molecule has 2 aliphatic heterocycles. The standard InChI is InChI=1S/C22H23N3O3/c26-19(14-25-20(27)15-28-18-6-3-11-23-21(18)25)24-12-9-22(10-13-24)8-7-16-4-1-2-5-17(16)22/h1-6,11H,7-10,12-15H2. The third-order valence-electron chi connectivity index (χ3n) is 6.49. The third kappa shape index (κ3) is 2.75. The van der Waals surface area contributed by atoms with Crippen LogP contribution in [0.5, 0.6) is 5.75 Å². The zero-order chi connectivity index (χ0) is 19.1. The van der Waals surface area contributed by atoms with E-state index in [0.29, 0.717) is 11.6 Å². The van der Waals surface area contributed by atoms with Crippen LogP contribution in [0.4, 0.5) is 5.82 Å².